The van der Waals surface area contributed by atoms with E-state index in [1.54, 1.807) is 7.11 Å². The smallest absolute Gasteiger partial charge is 0.227 e. The van der Waals surface area contributed by atoms with Crippen LogP contribution in [-0.4, -0.2) is 26.2 Å². The van der Waals surface area contributed by atoms with Crippen LogP contribution in [0, 0.1) is 11.3 Å². The zero-order valence-electron chi connectivity index (χ0n) is 10.7. The Bertz CT molecular complexity index is 188. The molecule has 0 rings (SSSR count). The molecule has 0 aliphatic rings. The lowest BCUT2D eigenvalue weighted by molar-refractivity contribution is -0.131. The van der Waals surface area contributed by atoms with E-state index in [1.165, 1.54) is 0 Å². The minimum atomic E-state index is -0.424. The molecule has 0 aliphatic heterocycles. The summed E-state index contributed by atoms with van der Waals surface area (Å²) >= 11 is 0. The lowest BCUT2D eigenvalue weighted by Gasteiger charge is -2.22. The van der Waals surface area contributed by atoms with E-state index < -0.39 is 5.41 Å². The molecule has 0 saturated carbocycles. The first-order valence-corrected chi connectivity index (χ1v) is 5.67. The third kappa shape index (κ3) is 6.50. The maximum Gasteiger partial charge on any atom is 0.227 e. The molecular formula is C12H25NO2. The average Bonchev–Trinajstić information content (AvgIpc) is 2.11. The number of carbonyl (C=O) groups is 1. The summed E-state index contributed by atoms with van der Waals surface area (Å²) in [6.07, 6.45) is 2.21. The second-order valence-corrected chi connectivity index (χ2v) is 5.11. The van der Waals surface area contributed by atoms with Crippen LogP contribution in [0.25, 0.3) is 0 Å². The number of hydrogen-bond acceptors (Lipinski definition) is 2. The summed E-state index contributed by atoms with van der Waals surface area (Å²) in [5.74, 6) is 0.780. The van der Waals surface area contributed by atoms with E-state index in [9.17, 15) is 4.79 Å². The van der Waals surface area contributed by atoms with Gasteiger partial charge in [0, 0.05) is 13.7 Å². The highest BCUT2D eigenvalue weighted by molar-refractivity contribution is 5.81. The van der Waals surface area contributed by atoms with Gasteiger partial charge in [-0.05, 0) is 32.6 Å². The molecule has 3 nitrogen and oxygen atoms in total. The van der Waals surface area contributed by atoms with Crippen LogP contribution < -0.4 is 5.32 Å². The van der Waals surface area contributed by atoms with Crippen LogP contribution >= 0.6 is 0 Å². The minimum absolute atomic E-state index is 0.0770. The topological polar surface area (TPSA) is 38.3 Å². The number of amides is 1. The van der Waals surface area contributed by atoms with Crippen LogP contribution in [0.2, 0.25) is 0 Å². The van der Waals surface area contributed by atoms with Gasteiger partial charge >= 0.3 is 0 Å². The van der Waals surface area contributed by atoms with Crippen molar-refractivity contribution in [2.45, 2.75) is 40.5 Å². The van der Waals surface area contributed by atoms with E-state index in [1.807, 2.05) is 13.8 Å². The molecule has 0 atom stereocenters. The molecule has 0 bridgehead atoms. The van der Waals surface area contributed by atoms with Gasteiger partial charge in [0.05, 0.1) is 12.0 Å². The fourth-order valence-corrected chi connectivity index (χ4v) is 1.38. The number of carbonyl (C=O) groups excluding carboxylic acids is 1. The molecule has 15 heavy (non-hydrogen) atoms. The van der Waals surface area contributed by atoms with Gasteiger partial charge in [-0.15, -0.1) is 0 Å². The number of hydrogen-bond donors (Lipinski definition) is 1. The molecule has 0 saturated heterocycles. The van der Waals surface area contributed by atoms with Crippen LogP contribution in [-0.2, 0) is 9.53 Å². The van der Waals surface area contributed by atoms with Gasteiger partial charge in [-0.1, -0.05) is 13.8 Å². The maximum absolute atomic E-state index is 11.7. The average molecular weight is 215 g/mol. The monoisotopic (exact) mass is 215 g/mol. The molecule has 1 N–H and O–H groups in total. The SMILES string of the molecule is COCC(C)(C)C(=O)NCCCC(C)C. The largest absolute Gasteiger partial charge is 0.384 e. The summed E-state index contributed by atoms with van der Waals surface area (Å²) < 4.78 is 5.01. The van der Waals surface area contributed by atoms with Crippen LogP contribution in [0.1, 0.15) is 40.5 Å². The molecule has 0 fully saturated rings. The Morgan fingerprint density at radius 3 is 2.47 bits per heavy atom. The Balaban J connectivity index is 3.73. The lowest BCUT2D eigenvalue weighted by Crippen LogP contribution is -2.40. The van der Waals surface area contributed by atoms with Crippen molar-refractivity contribution in [2.24, 2.45) is 11.3 Å². The van der Waals surface area contributed by atoms with Gasteiger partial charge in [0.15, 0.2) is 0 Å². The van der Waals surface area contributed by atoms with Gasteiger partial charge < -0.3 is 10.1 Å². The molecular weight excluding hydrogens is 190 g/mol. The number of nitrogens with one attached hydrogen (secondary N) is 1. The van der Waals surface area contributed by atoms with Crippen molar-refractivity contribution in [3.63, 3.8) is 0 Å². The summed E-state index contributed by atoms with van der Waals surface area (Å²) in [5.41, 5.74) is -0.424. The van der Waals surface area contributed by atoms with Crippen molar-refractivity contribution >= 4 is 5.91 Å². The fourth-order valence-electron chi connectivity index (χ4n) is 1.38. The van der Waals surface area contributed by atoms with Gasteiger partial charge in [0.1, 0.15) is 0 Å². The number of ether oxygens (including phenoxy) is 1. The van der Waals surface area contributed by atoms with Gasteiger partial charge in [0.25, 0.3) is 0 Å². The molecule has 3 heteroatoms. The first-order valence-electron chi connectivity index (χ1n) is 5.67. The summed E-state index contributed by atoms with van der Waals surface area (Å²) in [5, 5.41) is 2.94. The van der Waals surface area contributed by atoms with E-state index in [4.69, 9.17) is 4.74 Å². The first kappa shape index (κ1) is 14.4. The molecule has 0 aromatic rings. The van der Waals surface area contributed by atoms with Crippen molar-refractivity contribution < 1.29 is 9.53 Å². The normalized spacial score (nSPS) is 11.9. The highest BCUT2D eigenvalue weighted by Gasteiger charge is 2.26. The third-order valence-electron chi connectivity index (χ3n) is 2.36. The van der Waals surface area contributed by atoms with Crippen molar-refractivity contribution in [2.75, 3.05) is 20.3 Å². The Morgan fingerprint density at radius 1 is 1.40 bits per heavy atom. The Morgan fingerprint density at radius 2 is 2.00 bits per heavy atom. The van der Waals surface area contributed by atoms with Gasteiger partial charge in [-0.25, -0.2) is 0 Å². The molecule has 0 aromatic heterocycles. The molecule has 0 radical (unpaired) electrons. The van der Waals surface area contributed by atoms with Gasteiger partial charge in [-0.3, -0.25) is 4.79 Å². The van der Waals surface area contributed by atoms with Crippen molar-refractivity contribution in [3.8, 4) is 0 Å². The quantitative estimate of drug-likeness (QED) is 0.661. The third-order valence-corrected chi connectivity index (χ3v) is 2.36. The zero-order valence-corrected chi connectivity index (χ0v) is 10.7. The van der Waals surface area contributed by atoms with Crippen molar-refractivity contribution in [3.05, 3.63) is 0 Å². The standard InChI is InChI=1S/C12H25NO2/c1-10(2)7-6-8-13-11(14)12(3,4)9-15-5/h10H,6-9H2,1-5H3,(H,13,14). The molecule has 1 amide bonds. The van der Waals surface area contributed by atoms with Crippen LogP contribution in [0.4, 0.5) is 0 Å². The lowest BCUT2D eigenvalue weighted by atomic mass is 9.93. The second kappa shape index (κ2) is 6.83. The predicted molar refractivity (Wildman–Crippen MR) is 62.7 cm³/mol. The second-order valence-electron chi connectivity index (χ2n) is 5.11. The molecule has 0 spiro atoms. The molecule has 0 aliphatic carbocycles. The highest BCUT2D eigenvalue weighted by atomic mass is 16.5. The van der Waals surface area contributed by atoms with E-state index >= 15 is 0 Å². The maximum atomic E-state index is 11.7. The summed E-state index contributed by atoms with van der Waals surface area (Å²) in [7, 11) is 1.62. The van der Waals surface area contributed by atoms with Crippen LogP contribution in [0.3, 0.4) is 0 Å². The molecule has 0 heterocycles. The van der Waals surface area contributed by atoms with Gasteiger partial charge in [-0.2, -0.15) is 0 Å². The minimum Gasteiger partial charge on any atom is -0.384 e. The van der Waals surface area contributed by atoms with Crippen LogP contribution in [0.5, 0.6) is 0 Å². The van der Waals surface area contributed by atoms with E-state index in [0.717, 1.165) is 19.4 Å². The van der Waals surface area contributed by atoms with E-state index in [2.05, 4.69) is 19.2 Å². The van der Waals surface area contributed by atoms with E-state index in [-0.39, 0.29) is 5.91 Å². The molecule has 90 valence electrons. The van der Waals surface area contributed by atoms with Crippen LogP contribution in [0.15, 0.2) is 0 Å². The highest BCUT2D eigenvalue weighted by Crippen LogP contribution is 2.15. The Hall–Kier alpha value is -0.570. The fraction of sp³-hybridized carbons (Fsp3) is 0.917. The van der Waals surface area contributed by atoms with Crippen molar-refractivity contribution in [1.82, 2.24) is 5.32 Å². The predicted octanol–water partition coefficient (Wildman–Crippen LogP) is 2.21. The number of rotatable bonds is 7. The number of methoxy groups -OCH3 is 1. The molecule has 0 aromatic carbocycles. The summed E-state index contributed by atoms with van der Waals surface area (Å²) in [6.45, 7) is 9.41. The summed E-state index contributed by atoms with van der Waals surface area (Å²) in [4.78, 5) is 11.7. The zero-order chi connectivity index (χ0) is 11.9. The molecule has 0 unspecified atom stereocenters. The Kier molecular flexibility index (Phi) is 6.57. The summed E-state index contributed by atoms with van der Waals surface area (Å²) in [6, 6.07) is 0. The van der Waals surface area contributed by atoms with Crippen molar-refractivity contribution in [1.29, 1.82) is 0 Å². The Labute approximate surface area is 93.6 Å². The first-order chi connectivity index (χ1) is 6.90. The van der Waals surface area contributed by atoms with E-state index in [0.29, 0.717) is 12.5 Å². The van der Waals surface area contributed by atoms with Gasteiger partial charge in [0.2, 0.25) is 5.91 Å².